The van der Waals surface area contributed by atoms with Gasteiger partial charge in [0, 0.05) is 13.0 Å². The third kappa shape index (κ3) is 5.57. The van der Waals surface area contributed by atoms with Crippen LogP contribution in [0.4, 0.5) is 5.69 Å². The van der Waals surface area contributed by atoms with Crippen molar-refractivity contribution in [1.29, 1.82) is 5.26 Å². The number of benzene rings is 2. The van der Waals surface area contributed by atoms with E-state index in [1.807, 2.05) is 19.1 Å². The van der Waals surface area contributed by atoms with E-state index >= 15 is 0 Å². The van der Waals surface area contributed by atoms with E-state index in [2.05, 4.69) is 0 Å². The van der Waals surface area contributed by atoms with Gasteiger partial charge in [0.1, 0.15) is 0 Å². The molecule has 0 radical (unpaired) electrons. The zero-order valence-electron chi connectivity index (χ0n) is 15.9. The minimum atomic E-state index is -3.83. The van der Waals surface area contributed by atoms with Crippen LogP contribution in [-0.4, -0.2) is 27.5 Å². The highest BCUT2D eigenvalue weighted by molar-refractivity contribution is 7.92. The average molecular weight is 401 g/mol. The van der Waals surface area contributed by atoms with Crippen molar-refractivity contribution in [1.82, 2.24) is 0 Å². The van der Waals surface area contributed by atoms with Gasteiger partial charge in [-0.15, -0.1) is 0 Å². The molecule has 0 fully saturated rings. The smallest absolute Gasteiger partial charge is 0.338 e. The zero-order valence-corrected chi connectivity index (χ0v) is 16.7. The number of sulfonamides is 1. The van der Waals surface area contributed by atoms with Crippen molar-refractivity contribution >= 4 is 21.7 Å². The maximum Gasteiger partial charge on any atom is 0.338 e. The van der Waals surface area contributed by atoms with Gasteiger partial charge in [0.05, 0.1) is 28.8 Å². The van der Waals surface area contributed by atoms with Crippen LogP contribution in [0.3, 0.4) is 0 Å². The second-order valence-electron chi connectivity index (χ2n) is 6.19. The number of esters is 1. The number of unbranched alkanes of at least 4 members (excludes halogenated alkanes) is 2. The molecule has 0 unspecified atom stereocenters. The maximum atomic E-state index is 13.3. The molecule has 0 aliphatic rings. The molecule has 148 valence electrons. The third-order valence-corrected chi connectivity index (χ3v) is 5.91. The van der Waals surface area contributed by atoms with Crippen molar-refractivity contribution in [2.45, 2.75) is 37.5 Å². The number of anilines is 1. The van der Waals surface area contributed by atoms with E-state index in [0.29, 0.717) is 25.1 Å². The molecular formula is C21H24N2O4S. The van der Waals surface area contributed by atoms with E-state index in [4.69, 9.17) is 10.00 Å². The lowest BCUT2D eigenvalue weighted by atomic mass is 10.2. The molecule has 0 saturated heterocycles. The summed E-state index contributed by atoms with van der Waals surface area (Å²) in [6, 6.07) is 16.8. The summed E-state index contributed by atoms with van der Waals surface area (Å²) in [4.78, 5) is 12.2. The van der Waals surface area contributed by atoms with E-state index in [1.165, 1.54) is 28.6 Å². The Morgan fingerprint density at radius 3 is 2.54 bits per heavy atom. The molecule has 6 nitrogen and oxygen atoms in total. The van der Waals surface area contributed by atoms with Gasteiger partial charge in [-0.1, -0.05) is 37.6 Å². The summed E-state index contributed by atoms with van der Waals surface area (Å²) in [7, 11) is -3.83. The Morgan fingerprint density at radius 2 is 1.86 bits per heavy atom. The number of rotatable bonds is 10. The first-order chi connectivity index (χ1) is 13.5. The highest BCUT2D eigenvalue weighted by Gasteiger charge is 2.25. The van der Waals surface area contributed by atoms with E-state index in [0.717, 1.165) is 12.8 Å². The quantitative estimate of drug-likeness (QED) is 0.442. The Labute approximate surface area is 166 Å². The second-order valence-corrected chi connectivity index (χ2v) is 8.05. The van der Waals surface area contributed by atoms with Crippen LogP contribution < -0.4 is 4.31 Å². The molecular weight excluding hydrogens is 376 g/mol. The molecule has 0 bridgehead atoms. The van der Waals surface area contributed by atoms with Gasteiger partial charge >= 0.3 is 5.97 Å². The number of hydrogen-bond acceptors (Lipinski definition) is 5. The monoisotopic (exact) mass is 400 g/mol. The second kappa shape index (κ2) is 10.5. The van der Waals surface area contributed by atoms with Gasteiger partial charge < -0.3 is 4.74 Å². The van der Waals surface area contributed by atoms with Crippen molar-refractivity contribution in [2.75, 3.05) is 17.5 Å². The zero-order chi connectivity index (χ0) is 20.4. The fourth-order valence-electron chi connectivity index (χ4n) is 2.59. The number of carbonyl (C=O) groups excluding carboxylic acids is 1. The molecule has 0 atom stereocenters. The molecule has 2 aromatic carbocycles. The van der Waals surface area contributed by atoms with Crippen molar-refractivity contribution in [3.05, 3.63) is 60.2 Å². The Hall–Kier alpha value is -2.85. The summed E-state index contributed by atoms with van der Waals surface area (Å²) >= 11 is 0. The first-order valence-electron chi connectivity index (χ1n) is 9.22. The largest absolute Gasteiger partial charge is 0.462 e. The molecule has 0 aliphatic carbocycles. The number of para-hydroxylation sites is 1. The summed E-state index contributed by atoms with van der Waals surface area (Å²) in [5.41, 5.74) is 0.752. The van der Waals surface area contributed by atoms with Crippen molar-refractivity contribution < 1.29 is 17.9 Å². The Kier molecular flexibility index (Phi) is 8.02. The van der Waals surface area contributed by atoms with Crippen LogP contribution in [0.5, 0.6) is 0 Å². The molecule has 28 heavy (non-hydrogen) atoms. The van der Waals surface area contributed by atoms with Crippen LogP contribution in [0.25, 0.3) is 0 Å². The number of nitriles is 1. The Morgan fingerprint density at radius 1 is 1.11 bits per heavy atom. The lowest BCUT2D eigenvalue weighted by Gasteiger charge is -2.24. The Balaban J connectivity index is 2.28. The molecule has 7 heteroatoms. The molecule has 0 amide bonds. The third-order valence-electron chi connectivity index (χ3n) is 4.08. The fraction of sp³-hybridized carbons (Fsp3) is 0.333. The lowest BCUT2D eigenvalue weighted by Crippen LogP contribution is -2.32. The average Bonchev–Trinajstić information content (AvgIpc) is 2.72. The van der Waals surface area contributed by atoms with Gasteiger partial charge in [0.15, 0.2) is 0 Å². The van der Waals surface area contributed by atoms with Crippen LogP contribution >= 0.6 is 0 Å². The van der Waals surface area contributed by atoms with Gasteiger partial charge in [-0.05, 0) is 43.2 Å². The molecule has 0 heterocycles. The van der Waals surface area contributed by atoms with Gasteiger partial charge in [0.25, 0.3) is 10.0 Å². The summed E-state index contributed by atoms with van der Waals surface area (Å²) in [5.74, 6) is -0.602. The summed E-state index contributed by atoms with van der Waals surface area (Å²) < 4.78 is 33.0. The highest BCUT2D eigenvalue weighted by atomic mass is 32.2. The number of nitrogens with zero attached hydrogens (tertiary/aromatic N) is 2. The predicted molar refractivity (Wildman–Crippen MR) is 107 cm³/mol. The summed E-state index contributed by atoms with van der Waals surface area (Å²) in [6.45, 7) is 2.47. The standard InChI is InChI=1S/C21H24N2O4S/c1-2-3-15-23(19-11-5-4-6-12-19)28(25,26)20-13-9-10-18(17-20)21(24)27-16-8-7-14-22/h4-6,9-13,17H,2-3,7-8,15-16H2,1H3. The predicted octanol–water partition coefficient (Wildman–Crippen LogP) is 4.14. The van der Waals surface area contributed by atoms with E-state index < -0.39 is 16.0 Å². The van der Waals surface area contributed by atoms with Crippen molar-refractivity contribution in [3.63, 3.8) is 0 Å². The minimum absolute atomic E-state index is 0.0407. The van der Waals surface area contributed by atoms with Crippen molar-refractivity contribution in [3.8, 4) is 6.07 Å². The topological polar surface area (TPSA) is 87.5 Å². The van der Waals surface area contributed by atoms with Crippen LogP contribution in [-0.2, 0) is 14.8 Å². The number of carbonyl (C=O) groups is 1. The minimum Gasteiger partial charge on any atom is -0.462 e. The van der Waals surface area contributed by atoms with Gasteiger partial charge in [-0.25, -0.2) is 13.2 Å². The normalized spacial score (nSPS) is 10.9. The van der Waals surface area contributed by atoms with Gasteiger partial charge in [-0.2, -0.15) is 5.26 Å². The lowest BCUT2D eigenvalue weighted by molar-refractivity contribution is 0.0501. The van der Waals surface area contributed by atoms with Crippen molar-refractivity contribution in [2.24, 2.45) is 0 Å². The molecule has 0 aliphatic heterocycles. The number of hydrogen-bond donors (Lipinski definition) is 0. The SMILES string of the molecule is CCCCN(c1ccccc1)S(=O)(=O)c1cccc(C(=O)OCCCC#N)c1. The van der Waals surface area contributed by atoms with Gasteiger partial charge in [-0.3, -0.25) is 4.31 Å². The number of ether oxygens (including phenoxy) is 1. The van der Waals surface area contributed by atoms with E-state index in [1.54, 1.807) is 24.3 Å². The van der Waals surface area contributed by atoms with Gasteiger partial charge in [0.2, 0.25) is 0 Å². The summed E-state index contributed by atoms with van der Waals surface area (Å²) in [5, 5.41) is 8.52. The first-order valence-corrected chi connectivity index (χ1v) is 10.7. The summed E-state index contributed by atoms with van der Waals surface area (Å²) in [6.07, 6.45) is 2.31. The molecule has 0 N–H and O–H groups in total. The fourth-order valence-corrected chi connectivity index (χ4v) is 4.14. The van der Waals surface area contributed by atoms with Crippen LogP contribution in [0.2, 0.25) is 0 Å². The highest BCUT2D eigenvalue weighted by Crippen LogP contribution is 2.25. The molecule has 2 rings (SSSR count). The molecule has 2 aromatic rings. The van der Waals surface area contributed by atoms with Crippen LogP contribution in [0, 0.1) is 11.3 Å². The van der Waals surface area contributed by atoms with E-state index in [9.17, 15) is 13.2 Å². The molecule has 0 saturated carbocycles. The van der Waals surface area contributed by atoms with Crippen LogP contribution in [0.1, 0.15) is 43.0 Å². The maximum absolute atomic E-state index is 13.3. The molecule has 0 aromatic heterocycles. The molecule has 0 spiro atoms. The Bertz CT molecular complexity index is 921. The first kappa shape index (κ1) is 21.5. The van der Waals surface area contributed by atoms with Crippen LogP contribution in [0.15, 0.2) is 59.5 Å². The van der Waals surface area contributed by atoms with E-state index in [-0.39, 0.29) is 17.1 Å².